The number of rotatable bonds is 4. The molecule has 1 heterocycles. The Hall–Kier alpha value is -3.06. The van der Waals surface area contributed by atoms with Crippen molar-refractivity contribution in [3.05, 3.63) is 102 Å². The maximum atomic E-state index is 2.42. The fourth-order valence-corrected chi connectivity index (χ4v) is 5.42. The molecule has 1 aliphatic rings. The molecular formula is C32H37N. The summed E-state index contributed by atoms with van der Waals surface area (Å²) in [5.41, 5.74) is 11.1. The van der Waals surface area contributed by atoms with Crippen molar-refractivity contribution in [1.82, 2.24) is 4.57 Å². The minimum atomic E-state index is 0.236. The molecule has 3 aromatic carbocycles. The molecule has 1 heteroatoms. The Morgan fingerprint density at radius 2 is 1.27 bits per heavy atom. The van der Waals surface area contributed by atoms with Gasteiger partial charge in [0.2, 0.25) is 0 Å². The smallest absolute Gasteiger partial charge is 0.0531 e. The summed E-state index contributed by atoms with van der Waals surface area (Å²) in [7, 11) is 0. The number of benzene rings is 3. The van der Waals surface area contributed by atoms with E-state index in [1.54, 1.807) is 0 Å². The summed E-state index contributed by atoms with van der Waals surface area (Å²) in [5.74, 6) is 0. The Balaban J connectivity index is 0.00000126. The zero-order valence-corrected chi connectivity index (χ0v) is 21.2. The quantitative estimate of drug-likeness (QED) is 0.301. The van der Waals surface area contributed by atoms with Gasteiger partial charge in [-0.25, -0.2) is 0 Å². The molecule has 1 unspecified atom stereocenters. The third-order valence-corrected chi connectivity index (χ3v) is 7.55. The highest BCUT2D eigenvalue weighted by Gasteiger charge is 2.59. The van der Waals surface area contributed by atoms with E-state index in [0.29, 0.717) is 5.41 Å². The van der Waals surface area contributed by atoms with Crippen LogP contribution >= 0.6 is 0 Å². The zero-order valence-electron chi connectivity index (χ0n) is 21.2. The Kier molecular flexibility index (Phi) is 6.10. The molecule has 0 saturated heterocycles. The van der Waals surface area contributed by atoms with E-state index >= 15 is 0 Å². The maximum Gasteiger partial charge on any atom is 0.0531 e. The number of aromatic nitrogens is 1. The van der Waals surface area contributed by atoms with Gasteiger partial charge < -0.3 is 4.57 Å². The molecule has 1 fully saturated rings. The van der Waals surface area contributed by atoms with Crippen LogP contribution in [-0.2, 0) is 5.41 Å². The minimum Gasteiger partial charge on any atom is -0.316 e. The molecule has 0 spiro atoms. The van der Waals surface area contributed by atoms with Crippen LogP contribution in [0.4, 0.5) is 0 Å². The van der Waals surface area contributed by atoms with Gasteiger partial charge in [0.1, 0.15) is 0 Å². The van der Waals surface area contributed by atoms with Crippen LogP contribution in [0.25, 0.3) is 28.1 Å². The Morgan fingerprint density at radius 3 is 1.88 bits per heavy atom. The van der Waals surface area contributed by atoms with E-state index < -0.39 is 0 Å². The van der Waals surface area contributed by atoms with Gasteiger partial charge in [0.05, 0.1) is 11.4 Å². The average molecular weight is 436 g/mol. The molecule has 4 aromatic rings. The first kappa shape index (κ1) is 23.1. The van der Waals surface area contributed by atoms with Crippen LogP contribution in [0.2, 0.25) is 0 Å². The molecule has 0 amide bonds. The Labute approximate surface area is 200 Å². The third kappa shape index (κ3) is 3.95. The lowest BCUT2D eigenvalue weighted by atomic mass is 9.85. The summed E-state index contributed by atoms with van der Waals surface area (Å²) in [5, 5.41) is 0. The Morgan fingerprint density at radius 1 is 0.697 bits per heavy atom. The van der Waals surface area contributed by atoms with Crippen LogP contribution in [0.5, 0.6) is 0 Å². The highest BCUT2D eigenvalue weighted by atomic mass is 15.0. The third-order valence-electron chi connectivity index (χ3n) is 7.55. The molecule has 1 saturated carbocycles. The van der Waals surface area contributed by atoms with Gasteiger partial charge in [0.15, 0.2) is 0 Å². The summed E-state index contributed by atoms with van der Waals surface area (Å²) in [6, 6.07) is 28.7. The lowest BCUT2D eigenvalue weighted by Crippen LogP contribution is -2.12. The topological polar surface area (TPSA) is 4.93 Å². The first-order valence-corrected chi connectivity index (χ1v) is 12.3. The van der Waals surface area contributed by atoms with Crippen molar-refractivity contribution in [1.29, 1.82) is 0 Å². The van der Waals surface area contributed by atoms with Gasteiger partial charge in [-0.3, -0.25) is 0 Å². The van der Waals surface area contributed by atoms with Crippen LogP contribution in [0.1, 0.15) is 57.7 Å². The molecule has 5 rings (SSSR count). The summed E-state index contributed by atoms with van der Waals surface area (Å²) in [6.45, 7) is 15.7. The number of nitrogens with zero attached hydrogens (tertiary/aromatic N) is 1. The van der Waals surface area contributed by atoms with Crippen molar-refractivity contribution in [2.24, 2.45) is 5.41 Å². The van der Waals surface area contributed by atoms with E-state index in [-0.39, 0.29) is 5.41 Å². The minimum absolute atomic E-state index is 0.236. The van der Waals surface area contributed by atoms with Crippen LogP contribution in [-0.4, -0.2) is 4.57 Å². The largest absolute Gasteiger partial charge is 0.316 e. The molecule has 1 nitrogen and oxygen atoms in total. The summed E-state index contributed by atoms with van der Waals surface area (Å²) in [6.07, 6.45) is 3.45. The monoisotopic (exact) mass is 435 g/mol. The van der Waals surface area contributed by atoms with E-state index in [4.69, 9.17) is 0 Å². The highest BCUT2D eigenvalue weighted by molar-refractivity contribution is 5.73. The fourth-order valence-electron chi connectivity index (χ4n) is 5.42. The van der Waals surface area contributed by atoms with Gasteiger partial charge in [0, 0.05) is 11.8 Å². The average Bonchev–Trinajstić information content (AvgIpc) is 3.13. The van der Waals surface area contributed by atoms with Gasteiger partial charge in [-0.2, -0.15) is 0 Å². The van der Waals surface area contributed by atoms with Gasteiger partial charge in [-0.1, -0.05) is 89.2 Å². The molecule has 33 heavy (non-hydrogen) atoms. The normalized spacial score (nSPS) is 18.4. The SMILES string of the molecule is CC.Cc1cc(-c2ccccc2)cc(C)c1-n1cccc1-c1ccccc1C1(C)CC1(C)C. The van der Waals surface area contributed by atoms with E-state index in [0.717, 1.165) is 0 Å². The number of aryl methyl sites for hydroxylation is 2. The summed E-state index contributed by atoms with van der Waals surface area (Å²) < 4.78 is 2.39. The van der Waals surface area contributed by atoms with Crippen molar-refractivity contribution in [3.8, 4) is 28.1 Å². The maximum absolute atomic E-state index is 2.42. The van der Waals surface area contributed by atoms with E-state index in [9.17, 15) is 0 Å². The standard InChI is InChI=1S/C30H31N.C2H6/c1-21-18-24(23-12-7-6-8-13-23)19-22(2)28(21)31-17-11-16-27(31)25-14-9-10-15-26(25)30(5)20-29(30,3)4;1-2/h6-19H,20H2,1-5H3;1-2H3. The van der Waals surface area contributed by atoms with Crippen LogP contribution in [0.15, 0.2) is 85.1 Å². The van der Waals surface area contributed by atoms with Gasteiger partial charge in [-0.15, -0.1) is 0 Å². The molecule has 0 aliphatic heterocycles. The molecule has 170 valence electrons. The molecular weight excluding hydrogens is 398 g/mol. The first-order valence-electron chi connectivity index (χ1n) is 12.3. The van der Waals surface area contributed by atoms with Crippen molar-refractivity contribution < 1.29 is 0 Å². The van der Waals surface area contributed by atoms with Crippen molar-refractivity contribution in [2.75, 3.05) is 0 Å². The zero-order chi connectivity index (χ0) is 23.8. The summed E-state index contributed by atoms with van der Waals surface area (Å²) >= 11 is 0. The van der Waals surface area contributed by atoms with Crippen molar-refractivity contribution in [3.63, 3.8) is 0 Å². The highest BCUT2D eigenvalue weighted by Crippen LogP contribution is 2.65. The molecule has 0 radical (unpaired) electrons. The van der Waals surface area contributed by atoms with Crippen LogP contribution in [0, 0.1) is 19.3 Å². The second kappa shape index (κ2) is 8.71. The second-order valence-corrected chi connectivity index (χ2v) is 10.0. The molecule has 1 atom stereocenters. The second-order valence-electron chi connectivity index (χ2n) is 10.0. The van der Waals surface area contributed by atoms with Gasteiger partial charge >= 0.3 is 0 Å². The van der Waals surface area contributed by atoms with Crippen molar-refractivity contribution in [2.45, 2.75) is 60.3 Å². The van der Waals surface area contributed by atoms with Gasteiger partial charge in [0.25, 0.3) is 0 Å². The molecule has 1 aromatic heterocycles. The predicted molar refractivity (Wildman–Crippen MR) is 143 cm³/mol. The fraction of sp³-hybridized carbons (Fsp3) is 0.312. The summed E-state index contributed by atoms with van der Waals surface area (Å²) in [4.78, 5) is 0. The number of hydrogen-bond acceptors (Lipinski definition) is 0. The Bertz CT molecular complexity index is 1240. The predicted octanol–water partition coefficient (Wildman–Crippen LogP) is 9.14. The van der Waals surface area contributed by atoms with E-state index in [2.05, 4.69) is 124 Å². The van der Waals surface area contributed by atoms with Crippen molar-refractivity contribution >= 4 is 0 Å². The van der Waals surface area contributed by atoms with Crippen LogP contribution in [0.3, 0.4) is 0 Å². The van der Waals surface area contributed by atoms with Gasteiger partial charge in [-0.05, 0) is 83.2 Å². The molecule has 1 aliphatic carbocycles. The molecule has 0 N–H and O–H groups in total. The van der Waals surface area contributed by atoms with E-state index in [1.165, 1.54) is 51.2 Å². The lowest BCUT2D eigenvalue weighted by Gasteiger charge is -2.22. The molecule has 0 bridgehead atoms. The van der Waals surface area contributed by atoms with Crippen LogP contribution < -0.4 is 0 Å². The first-order chi connectivity index (χ1) is 15.8. The van der Waals surface area contributed by atoms with E-state index in [1.807, 2.05) is 13.8 Å². The number of hydrogen-bond donors (Lipinski definition) is 0. The lowest BCUT2D eigenvalue weighted by molar-refractivity contribution is 0.529.